The Balaban J connectivity index is 0.903. The van der Waals surface area contributed by atoms with Crippen molar-refractivity contribution in [3.05, 3.63) is 206 Å². The van der Waals surface area contributed by atoms with Gasteiger partial charge in [0, 0.05) is 64.1 Å². The van der Waals surface area contributed by atoms with E-state index in [0.717, 1.165) is 44.3 Å². The maximum atomic E-state index is 6.26. The van der Waals surface area contributed by atoms with Gasteiger partial charge in [0.15, 0.2) is 17.5 Å². The molecule has 13 rings (SSSR count). The summed E-state index contributed by atoms with van der Waals surface area (Å²) < 4.78 is 11.1. The molecule has 0 N–H and O–H groups in total. The summed E-state index contributed by atoms with van der Waals surface area (Å²) in [5.74, 6) is 1.85. The van der Waals surface area contributed by atoms with Gasteiger partial charge in [-0.25, -0.2) is 15.0 Å². The van der Waals surface area contributed by atoms with Gasteiger partial charge < -0.3 is 8.98 Å². The van der Waals surface area contributed by atoms with E-state index >= 15 is 0 Å². The molecule has 4 aromatic heterocycles. The number of hydrogen-bond donors (Lipinski definition) is 0. The molecule has 0 atom stereocenters. The number of nitrogens with zero attached hydrogens (tertiary/aromatic N) is 4. The van der Waals surface area contributed by atoms with Gasteiger partial charge in [0.2, 0.25) is 0 Å². The Morgan fingerprint density at radius 1 is 0.333 bits per heavy atom. The predicted octanol–water partition coefficient (Wildman–Crippen LogP) is 15.6. The minimum Gasteiger partial charge on any atom is -0.456 e. The van der Waals surface area contributed by atoms with Gasteiger partial charge >= 0.3 is 0 Å². The molecule has 0 saturated carbocycles. The molecule has 0 saturated heterocycles. The maximum absolute atomic E-state index is 6.26. The molecule has 0 unspecified atom stereocenters. The minimum atomic E-state index is 0.599. The first-order valence-electron chi connectivity index (χ1n) is 21.1. The zero-order valence-corrected chi connectivity index (χ0v) is 34.6. The molecular weight excluding hydrogens is 789 g/mol. The molecule has 0 bridgehead atoms. The van der Waals surface area contributed by atoms with Crippen molar-refractivity contribution in [2.24, 2.45) is 0 Å². The summed E-state index contributed by atoms with van der Waals surface area (Å²) in [5.41, 5.74) is 12.7. The maximum Gasteiger partial charge on any atom is 0.164 e. The zero-order chi connectivity index (χ0) is 41.4. The lowest BCUT2D eigenvalue weighted by atomic mass is 9.93. The Morgan fingerprint density at radius 2 is 0.825 bits per heavy atom. The normalized spacial score (nSPS) is 11.8. The van der Waals surface area contributed by atoms with Crippen LogP contribution in [0.15, 0.2) is 211 Å². The van der Waals surface area contributed by atoms with Crippen LogP contribution in [0.4, 0.5) is 0 Å². The molecule has 0 radical (unpaired) electrons. The van der Waals surface area contributed by atoms with E-state index in [9.17, 15) is 0 Å². The van der Waals surface area contributed by atoms with Crippen LogP contribution in [0.5, 0.6) is 0 Å². The summed E-state index contributed by atoms with van der Waals surface area (Å²) in [5, 5.41) is 7.11. The molecule has 4 heterocycles. The Hall–Kier alpha value is -8.19. The average Bonchev–Trinajstić information content (AvgIpc) is 4.02. The van der Waals surface area contributed by atoms with Crippen molar-refractivity contribution in [3.63, 3.8) is 0 Å². The van der Waals surface area contributed by atoms with E-state index in [4.69, 9.17) is 19.4 Å². The molecule has 0 fully saturated rings. The van der Waals surface area contributed by atoms with Gasteiger partial charge in [0.05, 0.1) is 11.0 Å². The van der Waals surface area contributed by atoms with Gasteiger partial charge in [0.1, 0.15) is 11.2 Å². The monoisotopic (exact) mass is 822 g/mol. The number of aromatic nitrogens is 4. The van der Waals surface area contributed by atoms with E-state index in [-0.39, 0.29) is 0 Å². The predicted molar refractivity (Wildman–Crippen MR) is 262 cm³/mol. The van der Waals surface area contributed by atoms with Crippen molar-refractivity contribution < 1.29 is 4.42 Å². The molecule has 0 aliphatic rings. The molecule has 13 aromatic rings. The van der Waals surface area contributed by atoms with Gasteiger partial charge in [0.25, 0.3) is 0 Å². The molecule has 5 nitrogen and oxygen atoms in total. The third-order valence-electron chi connectivity index (χ3n) is 12.3. The molecule has 0 spiro atoms. The fourth-order valence-corrected chi connectivity index (χ4v) is 10.5. The summed E-state index contributed by atoms with van der Waals surface area (Å²) in [7, 11) is 0. The number of thiophene rings is 1. The van der Waals surface area contributed by atoms with Crippen LogP contribution in [0.2, 0.25) is 0 Å². The summed E-state index contributed by atoms with van der Waals surface area (Å²) >= 11 is 1.80. The van der Waals surface area contributed by atoms with Crippen molar-refractivity contribution in [2.45, 2.75) is 0 Å². The van der Waals surface area contributed by atoms with Crippen LogP contribution in [-0.2, 0) is 0 Å². The number of hydrogen-bond acceptors (Lipinski definition) is 5. The van der Waals surface area contributed by atoms with Gasteiger partial charge in [-0.1, -0.05) is 152 Å². The second-order valence-corrected chi connectivity index (χ2v) is 17.1. The van der Waals surface area contributed by atoms with E-state index in [1.54, 1.807) is 11.3 Å². The third kappa shape index (κ3) is 5.87. The fourth-order valence-electron chi connectivity index (χ4n) is 9.28. The summed E-state index contributed by atoms with van der Waals surface area (Å²) in [6.07, 6.45) is 0. The van der Waals surface area contributed by atoms with E-state index in [1.807, 2.05) is 54.6 Å². The minimum absolute atomic E-state index is 0.599. The highest BCUT2D eigenvalue weighted by molar-refractivity contribution is 7.25. The Bertz CT molecular complexity index is 3920. The topological polar surface area (TPSA) is 56.7 Å². The summed E-state index contributed by atoms with van der Waals surface area (Å²) in [6.45, 7) is 0. The van der Waals surface area contributed by atoms with Crippen molar-refractivity contribution >= 4 is 75.3 Å². The smallest absolute Gasteiger partial charge is 0.164 e. The van der Waals surface area contributed by atoms with Crippen LogP contribution < -0.4 is 0 Å². The van der Waals surface area contributed by atoms with Crippen LogP contribution in [-0.4, -0.2) is 19.5 Å². The highest BCUT2D eigenvalue weighted by Crippen LogP contribution is 2.42. The van der Waals surface area contributed by atoms with Crippen molar-refractivity contribution in [1.82, 2.24) is 19.5 Å². The Morgan fingerprint density at radius 3 is 1.56 bits per heavy atom. The number of fused-ring (bicyclic) bond motifs is 9. The standard InChI is InChI=1S/C57H34N4OS/c1-3-13-35(14-4-1)55-58-56(38-25-28-46-45-20-10-12-22-51(45)62-52(46)32-38)60-57(59-55)39-26-30-48-47-29-24-37(33-53(47)63-54(48)34-39)42-18-8-7-17-41(42)36-23-27-44-43-19-9-11-21-49(43)61(50(44)31-36)40-15-5-2-6-16-40/h1-34H. The second kappa shape index (κ2) is 14.2. The summed E-state index contributed by atoms with van der Waals surface area (Å²) in [4.78, 5) is 15.2. The number of rotatable bonds is 6. The van der Waals surface area contributed by atoms with Crippen molar-refractivity contribution in [3.8, 4) is 62.1 Å². The van der Waals surface area contributed by atoms with Gasteiger partial charge in [-0.15, -0.1) is 11.3 Å². The van der Waals surface area contributed by atoms with Gasteiger partial charge in [-0.3, -0.25) is 0 Å². The molecule has 63 heavy (non-hydrogen) atoms. The van der Waals surface area contributed by atoms with Gasteiger partial charge in [-0.05, 0) is 76.9 Å². The van der Waals surface area contributed by atoms with Crippen LogP contribution >= 0.6 is 11.3 Å². The van der Waals surface area contributed by atoms with Crippen LogP contribution in [0.3, 0.4) is 0 Å². The quantitative estimate of drug-likeness (QED) is 0.168. The van der Waals surface area contributed by atoms with E-state index in [1.165, 1.54) is 64.2 Å². The molecule has 9 aromatic carbocycles. The molecule has 6 heteroatoms. The van der Waals surface area contributed by atoms with E-state index < -0.39 is 0 Å². The molecular formula is C57H34N4OS. The molecule has 0 aliphatic heterocycles. The second-order valence-electron chi connectivity index (χ2n) is 16.0. The molecule has 294 valence electrons. The van der Waals surface area contributed by atoms with Crippen LogP contribution in [0, 0.1) is 0 Å². The number of para-hydroxylation sites is 3. The van der Waals surface area contributed by atoms with Crippen molar-refractivity contribution in [2.75, 3.05) is 0 Å². The first-order valence-corrected chi connectivity index (χ1v) is 21.9. The van der Waals surface area contributed by atoms with Crippen molar-refractivity contribution in [1.29, 1.82) is 0 Å². The highest BCUT2D eigenvalue weighted by atomic mass is 32.1. The highest BCUT2D eigenvalue weighted by Gasteiger charge is 2.18. The molecule has 0 aliphatic carbocycles. The first-order chi connectivity index (χ1) is 31.2. The van der Waals surface area contributed by atoms with Gasteiger partial charge in [-0.2, -0.15) is 0 Å². The lowest BCUT2D eigenvalue weighted by Gasteiger charge is -2.12. The lowest BCUT2D eigenvalue weighted by molar-refractivity contribution is 0.669. The third-order valence-corrected chi connectivity index (χ3v) is 13.4. The Labute approximate surface area is 365 Å². The number of furan rings is 1. The Kier molecular flexibility index (Phi) is 8.01. The first kappa shape index (κ1) is 35.6. The summed E-state index contributed by atoms with van der Waals surface area (Å²) in [6, 6.07) is 73.0. The van der Waals surface area contributed by atoms with E-state index in [2.05, 4.69) is 156 Å². The number of benzene rings is 9. The lowest BCUT2D eigenvalue weighted by Crippen LogP contribution is -2.00. The molecule has 0 amide bonds. The SMILES string of the molecule is c1ccc(-c2nc(-c3ccc4c(c3)oc3ccccc34)nc(-c3ccc4c(c3)sc3cc(-c5ccccc5-c5ccc6c7ccccc7n(-c7ccccc7)c6c5)ccc34)n2)cc1. The van der Waals surface area contributed by atoms with E-state index in [0.29, 0.717) is 17.5 Å². The zero-order valence-electron chi connectivity index (χ0n) is 33.7. The average molecular weight is 823 g/mol. The van der Waals surface area contributed by atoms with Crippen LogP contribution in [0.25, 0.3) is 126 Å². The largest absolute Gasteiger partial charge is 0.456 e. The van der Waals surface area contributed by atoms with Crippen LogP contribution in [0.1, 0.15) is 0 Å². The fraction of sp³-hybridized carbons (Fsp3) is 0.